The van der Waals surface area contributed by atoms with Gasteiger partial charge in [-0.15, -0.1) is 0 Å². The molecule has 1 atom stereocenters. The van der Waals surface area contributed by atoms with Crippen LogP contribution in [0.25, 0.3) is 0 Å². The first-order valence-corrected chi connectivity index (χ1v) is 5.71. The van der Waals surface area contributed by atoms with E-state index in [2.05, 4.69) is 10.6 Å². The van der Waals surface area contributed by atoms with Gasteiger partial charge < -0.3 is 16.4 Å². The molecule has 92 valence electrons. The maximum Gasteiger partial charge on any atom is 0.319 e. The quantitative estimate of drug-likeness (QED) is 0.746. The number of carbonyl (C=O) groups excluding carboxylic acids is 1. The Morgan fingerprint density at radius 3 is 2.65 bits per heavy atom. The van der Waals surface area contributed by atoms with Crippen LogP contribution in [-0.2, 0) is 0 Å². The van der Waals surface area contributed by atoms with E-state index in [4.69, 9.17) is 5.73 Å². The predicted octanol–water partition coefficient (Wildman–Crippen LogP) is 1.68. The number of nitrogens with one attached hydrogen (secondary N) is 2. The van der Waals surface area contributed by atoms with E-state index < -0.39 is 0 Å². The van der Waals surface area contributed by atoms with Crippen molar-refractivity contribution in [3.05, 3.63) is 30.1 Å². The summed E-state index contributed by atoms with van der Waals surface area (Å²) < 4.78 is 12.6. The van der Waals surface area contributed by atoms with Crippen LogP contribution in [0, 0.1) is 11.7 Å². The molecule has 4 nitrogen and oxygen atoms in total. The summed E-state index contributed by atoms with van der Waals surface area (Å²) >= 11 is 0. The number of amides is 2. The van der Waals surface area contributed by atoms with Crippen LogP contribution in [0.3, 0.4) is 0 Å². The lowest BCUT2D eigenvalue weighted by molar-refractivity contribution is 0.251. The van der Waals surface area contributed by atoms with E-state index in [1.807, 2.05) is 0 Å². The maximum absolute atomic E-state index is 12.6. The minimum Gasteiger partial charge on any atom is -0.336 e. The van der Waals surface area contributed by atoms with Gasteiger partial charge in [-0.2, -0.15) is 0 Å². The Balaban J connectivity index is 1.74. The fraction of sp³-hybridized carbons (Fsp3) is 0.417. The number of halogens is 1. The van der Waals surface area contributed by atoms with Crippen molar-refractivity contribution in [2.75, 3.05) is 11.9 Å². The first-order chi connectivity index (χ1) is 8.15. The number of rotatable bonds is 4. The molecule has 1 aliphatic rings. The molecule has 0 saturated heterocycles. The summed E-state index contributed by atoms with van der Waals surface area (Å²) in [4.78, 5) is 11.5. The van der Waals surface area contributed by atoms with Crippen molar-refractivity contribution in [1.82, 2.24) is 5.32 Å². The number of carbonyl (C=O) groups is 1. The molecular formula is C12H16FN3O. The summed E-state index contributed by atoms with van der Waals surface area (Å²) in [5, 5.41) is 5.31. The van der Waals surface area contributed by atoms with Crippen LogP contribution in [0.2, 0.25) is 0 Å². The first-order valence-electron chi connectivity index (χ1n) is 5.71. The summed E-state index contributed by atoms with van der Waals surface area (Å²) in [6.07, 6.45) is 2.31. The van der Waals surface area contributed by atoms with Gasteiger partial charge in [-0.25, -0.2) is 9.18 Å². The molecular weight excluding hydrogens is 221 g/mol. The van der Waals surface area contributed by atoms with E-state index in [0.717, 1.165) is 12.8 Å². The van der Waals surface area contributed by atoms with Crippen LogP contribution in [0.4, 0.5) is 14.9 Å². The molecule has 0 radical (unpaired) electrons. The third kappa shape index (κ3) is 3.71. The van der Waals surface area contributed by atoms with Crippen molar-refractivity contribution >= 4 is 11.7 Å². The molecule has 0 spiro atoms. The van der Waals surface area contributed by atoms with Gasteiger partial charge in [0.25, 0.3) is 0 Å². The Kier molecular flexibility index (Phi) is 3.58. The highest BCUT2D eigenvalue weighted by molar-refractivity contribution is 5.89. The highest BCUT2D eigenvalue weighted by Crippen LogP contribution is 2.31. The minimum atomic E-state index is -0.327. The van der Waals surface area contributed by atoms with Gasteiger partial charge in [0.05, 0.1) is 0 Å². The third-order valence-electron chi connectivity index (χ3n) is 2.83. The number of urea groups is 1. The zero-order chi connectivity index (χ0) is 12.3. The van der Waals surface area contributed by atoms with Crippen LogP contribution in [0.5, 0.6) is 0 Å². The molecule has 1 aliphatic carbocycles. The van der Waals surface area contributed by atoms with Crippen LogP contribution in [-0.4, -0.2) is 18.6 Å². The molecule has 2 rings (SSSR count). The van der Waals surface area contributed by atoms with Gasteiger partial charge in [0, 0.05) is 18.3 Å². The van der Waals surface area contributed by atoms with Crippen LogP contribution in [0.1, 0.15) is 12.8 Å². The number of hydrogen-bond donors (Lipinski definition) is 3. The molecule has 0 bridgehead atoms. The topological polar surface area (TPSA) is 67.1 Å². The van der Waals surface area contributed by atoms with Crippen molar-refractivity contribution in [1.29, 1.82) is 0 Å². The molecule has 0 heterocycles. The fourth-order valence-electron chi connectivity index (χ4n) is 1.61. The summed E-state index contributed by atoms with van der Waals surface area (Å²) in [6, 6.07) is 5.34. The molecule has 5 heteroatoms. The average Bonchev–Trinajstić information content (AvgIpc) is 3.13. The Labute approximate surface area is 99.4 Å². The van der Waals surface area contributed by atoms with E-state index >= 15 is 0 Å². The number of nitrogens with two attached hydrogens (primary N) is 1. The molecule has 17 heavy (non-hydrogen) atoms. The number of benzene rings is 1. The largest absolute Gasteiger partial charge is 0.336 e. The molecule has 1 saturated carbocycles. The van der Waals surface area contributed by atoms with Gasteiger partial charge in [-0.3, -0.25) is 0 Å². The summed E-state index contributed by atoms with van der Waals surface area (Å²) in [6.45, 7) is 0.470. The zero-order valence-corrected chi connectivity index (χ0v) is 9.45. The molecule has 1 aromatic carbocycles. The van der Waals surface area contributed by atoms with Gasteiger partial charge in [0.1, 0.15) is 5.82 Å². The van der Waals surface area contributed by atoms with E-state index in [1.165, 1.54) is 24.3 Å². The first kappa shape index (κ1) is 11.9. The number of anilines is 1. The van der Waals surface area contributed by atoms with Gasteiger partial charge >= 0.3 is 6.03 Å². The third-order valence-corrected chi connectivity index (χ3v) is 2.83. The Bertz CT molecular complexity index is 389. The van der Waals surface area contributed by atoms with E-state index in [9.17, 15) is 9.18 Å². The van der Waals surface area contributed by atoms with E-state index in [0.29, 0.717) is 18.2 Å². The predicted molar refractivity (Wildman–Crippen MR) is 64.1 cm³/mol. The minimum absolute atomic E-state index is 0.0361. The molecule has 0 aromatic heterocycles. The van der Waals surface area contributed by atoms with Gasteiger partial charge in [-0.05, 0) is 43.0 Å². The van der Waals surface area contributed by atoms with Crippen LogP contribution < -0.4 is 16.4 Å². The molecule has 1 unspecified atom stereocenters. The molecule has 4 N–H and O–H groups in total. The Morgan fingerprint density at radius 1 is 1.41 bits per heavy atom. The van der Waals surface area contributed by atoms with Crippen molar-refractivity contribution < 1.29 is 9.18 Å². The normalized spacial score (nSPS) is 16.4. The zero-order valence-electron chi connectivity index (χ0n) is 9.45. The molecule has 1 fully saturated rings. The number of hydrogen-bond acceptors (Lipinski definition) is 2. The van der Waals surface area contributed by atoms with Gasteiger partial charge in [-0.1, -0.05) is 0 Å². The second-order valence-electron chi connectivity index (χ2n) is 4.34. The lowest BCUT2D eigenvalue weighted by Crippen LogP contribution is -2.40. The van der Waals surface area contributed by atoms with E-state index in [-0.39, 0.29) is 17.9 Å². The van der Waals surface area contributed by atoms with Crippen molar-refractivity contribution in [2.45, 2.75) is 18.9 Å². The van der Waals surface area contributed by atoms with Gasteiger partial charge in [0.2, 0.25) is 0 Å². The monoisotopic (exact) mass is 237 g/mol. The van der Waals surface area contributed by atoms with Crippen molar-refractivity contribution in [2.24, 2.45) is 11.7 Å². The molecule has 0 aliphatic heterocycles. The lowest BCUT2D eigenvalue weighted by Gasteiger charge is -2.12. The van der Waals surface area contributed by atoms with E-state index in [1.54, 1.807) is 0 Å². The second-order valence-corrected chi connectivity index (χ2v) is 4.34. The molecule has 2 amide bonds. The van der Waals surface area contributed by atoms with Crippen LogP contribution in [0.15, 0.2) is 24.3 Å². The highest BCUT2D eigenvalue weighted by atomic mass is 19.1. The highest BCUT2D eigenvalue weighted by Gasteiger charge is 2.28. The Morgan fingerprint density at radius 2 is 2.06 bits per heavy atom. The summed E-state index contributed by atoms with van der Waals surface area (Å²) in [7, 11) is 0. The second kappa shape index (κ2) is 5.14. The smallest absolute Gasteiger partial charge is 0.319 e. The standard InChI is InChI=1S/C12H16FN3O/c13-9-3-5-10(6-4-9)16-12(17)15-7-11(14)8-1-2-8/h3-6,8,11H,1-2,7,14H2,(H2,15,16,17). The summed E-state index contributed by atoms with van der Waals surface area (Å²) in [5.41, 5.74) is 6.41. The van der Waals surface area contributed by atoms with Crippen molar-refractivity contribution in [3.63, 3.8) is 0 Å². The Hall–Kier alpha value is -1.62. The maximum atomic E-state index is 12.6. The summed E-state index contributed by atoms with van der Waals surface area (Å²) in [5.74, 6) is 0.229. The van der Waals surface area contributed by atoms with Crippen molar-refractivity contribution in [3.8, 4) is 0 Å². The fourth-order valence-corrected chi connectivity index (χ4v) is 1.61. The van der Waals surface area contributed by atoms with Gasteiger partial charge in [0.15, 0.2) is 0 Å². The van der Waals surface area contributed by atoms with Crippen LogP contribution >= 0.6 is 0 Å². The lowest BCUT2D eigenvalue weighted by atomic mass is 10.2. The average molecular weight is 237 g/mol. The molecule has 1 aromatic rings. The SMILES string of the molecule is NC(CNC(=O)Nc1ccc(F)cc1)C1CC1.